The molecule has 1 rings (SSSR count). The van der Waals surface area contributed by atoms with Crippen LogP contribution < -0.4 is 5.32 Å². The van der Waals surface area contributed by atoms with Gasteiger partial charge in [0.25, 0.3) is 5.69 Å². The molecule has 0 aliphatic heterocycles. The van der Waals surface area contributed by atoms with E-state index in [1.807, 2.05) is 0 Å². The number of hydrogen-bond donors (Lipinski definition) is 1. The van der Waals surface area contributed by atoms with Crippen molar-refractivity contribution in [3.05, 3.63) is 32.8 Å². The first-order valence-electron chi connectivity index (χ1n) is 5.09. The number of para-hydroxylation sites is 1. The molecule has 0 fully saturated rings. The van der Waals surface area contributed by atoms with Gasteiger partial charge in [-0.1, -0.05) is 6.07 Å². The minimum absolute atomic E-state index is 0.110. The van der Waals surface area contributed by atoms with E-state index < -0.39 is 16.4 Å². The molecule has 98 valence electrons. The molecule has 0 unspecified atom stereocenters. The number of esters is 1. The Morgan fingerprint density at radius 3 is 2.61 bits per heavy atom. The van der Waals surface area contributed by atoms with Crippen LogP contribution in [0.25, 0.3) is 0 Å². The summed E-state index contributed by atoms with van der Waals surface area (Å²) in [4.78, 5) is 22.0. The number of anilines is 1. The van der Waals surface area contributed by atoms with Gasteiger partial charge in [0, 0.05) is 10.5 Å². The van der Waals surface area contributed by atoms with Gasteiger partial charge in [-0.2, -0.15) is 0 Å². The Kier molecular flexibility index (Phi) is 4.28. The number of nitrogens with zero attached hydrogens (tertiary/aromatic N) is 1. The average Bonchev–Trinajstić information content (AvgIpc) is 2.30. The molecule has 0 bridgehead atoms. The Hall–Kier alpha value is -1.63. The predicted molar refractivity (Wildman–Crippen MR) is 70.5 cm³/mol. The number of methoxy groups -OCH3 is 1. The van der Waals surface area contributed by atoms with Crippen LogP contribution in [0, 0.1) is 10.1 Å². The average molecular weight is 317 g/mol. The zero-order chi connectivity index (χ0) is 13.9. The second kappa shape index (κ2) is 5.34. The molecular formula is C11H13BrN2O4. The molecule has 0 spiro atoms. The maximum absolute atomic E-state index is 11.6. The molecule has 0 aromatic heterocycles. The van der Waals surface area contributed by atoms with Gasteiger partial charge in [-0.25, -0.2) is 4.79 Å². The topological polar surface area (TPSA) is 81.5 Å². The van der Waals surface area contributed by atoms with E-state index in [-0.39, 0.29) is 11.4 Å². The SMILES string of the molecule is COC(=O)C(C)(C)Nc1c(Br)cccc1[N+](=O)[O-]. The summed E-state index contributed by atoms with van der Waals surface area (Å²) in [6.45, 7) is 3.17. The zero-order valence-electron chi connectivity index (χ0n) is 10.2. The minimum Gasteiger partial charge on any atom is -0.467 e. The maximum Gasteiger partial charge on any atom is 0.330 e. The highest BCUT2D eigenvalue weighted by molar-refractivity contribution is 9.10. The monoisotopic (exact) mass is 316 g/mol. The van der Waals surface area contributed by atoms with Crippen molar-refractivity contribution < 1.29 is 14.5 Å². The van der Waals surface area contributed by atoms with Crippen LogP contribution >= 0.6 is 15.9 Å². The molecule has 0 saturated carbocycles. The van der Waals surface area contributed by atoms with E-state index in [1.165, 1.54) is 13.2 Å². The third kappa shape index (κ3) is 2.98. The standard InChI is InChI=1S/C11H13BrN2O4/c1-11(2,10(15)18-3)13-9-7(12)5-4-6-8(9)14(16)17/h4-6,13H,1-3H3. The number of rotatable bonds is 4. The number of hydrogen-bond acceptors (Lipinski definition) is 5. The van der Waals surface area contributed by atoms with Gasteiger partial charge < -0.3 is 10.1 Å². The number of nitrogens with one attached hydrogen (secondary N) is 1. The van der Waals surface area contributed by atoms with Crippen molar-refractivity contribution in [3.8, 4) is 0 Å². The highest BCUT2D eigenvalue weighted by Crippen LogP contribution is 2.34. The van der Waals surface area contributed by atoms with E-state index in [4.69, 9.17) is 0 Å². The molecule has 0 amide bonds. The Bertz CT molecular complexity index is 488. The van der Waals surface area contributed by atoms with E-state index in [0.717, 1.165) is 0 Å². The number of nitro groups is 1. The summed E-state index contributed by atoms with van der Waals surface area (Å²) in [5.74, 6) is -0.507. The first-order valence-corrected chi connectivity index (χ1v) is 5.88. The molecule has 1 aromatic rings. The molecule has 0 atom stereocenters. The molecule has 18 heavy (non-hydrogen) atoms. The van der Waals surface area contributed by atoms with Crippen LogP contribution in [-0.2, 0) is 9.53 Å². The Morgan fingerprint density at radius 2 is 2.11 bits per heavy atom. The van der Waals surface area contributed by atoms with Crippen molar-refractivity contribution in [1.29, 1.82) is 0 Å². The number of halogens is 1. The van der Waals surface area contributed by atoms with Crippen LogP contribution in [0.4, 0.5) is 11.4 Å². The van der Waals surface area contributed by atoms with Gasteiger partial charge in [-0.3, -0.25) is 10.1 Å². The summed E-state index contributed by atoms with van der Waals surface area (Å²) in [6.07, 6.45) is 0. The van der Waals surface area contributed by atoms with Crippen LogP contribution in [0.2, 0.25) is 0 Å². The molecule has 0 heterocycles. The number of carbonyl (C=O) groups is 1. The van der Waals surface area contributed by atoms with Gasteiger partial charge in [-0.15, -0.1) is 0 Å². The summed E-state index contributed by atoms with van der Waals surface area (Å²) in [7, 11) is 1.26. The van der Waals surface area contributed by atoms with Crippen LogP contribution in [0.1, 0.15) is 13.8 Å². The van der Waals surface area contributed by atoms with E-state index in [0.29, 0.717) is 4.47 Å². The number of benzene rings is 1. The fraction of sp³-hybridized carbons (Fsp3) is 0.364. The van der Waals surface area contributed by atoms with Crippen molar-refractivity contribution in [2.75, 3.05) is 12.4 Å². The van der Waals surface area contributed by atoms with Crippen molar-refractivity contribution in [2.24, 2.45) is 0 Å². The molecule has 7 heteroatoms. The molecule has 1 N–H and O–H groups in total. The van der Waals surface area contributed by atoms with Gasteiger partial charge in [0.2, 0.25) is 0 Å². The number of nitro benzene ring substituents is 1. The normalized spacial score (nSPS) is 10.9. The minimum atomic E-state index is -1.07. The Labute approximate surface area is 113 Å². The second-order valence-corrected chi connectivity index (χ2v) is 4.99. The Morgan fingerprint density at radius 1 is 1.50 bits per heavy atom. The van der Waals surface area contributed by atoms with Gasteiger partial charge in [0.1, 0.15) is 11.2 Å². The molecular weight excluding hydrogens is 304 g/mol. The van der Waals surface area contributed by atoms with Crippen molar-refractivity contribution in [1.82, 2.24) is 0 Å². The molecule has 6 nitrogen and oxygen atoms in total. The number of carbonyl (C=O) groups excluding carboxylic acids is 1. The smallest absolute Gasteiger partial charge is 0.330 e. The quantitative estimate of drug-likeness (QED) is 0.524. The molecule has 0 aliphatic carbocycles. The molecule has 1 aromatic carbocycles. The van der Waals surface area contributed by atoms with Crippen LogP contribution in [0.3, 0.4) is 0 Å². The lowest BCUT2D eigenvalue weighted by atomic mass is 10.1. The largest absolute Gasteiger partial charge is 0.467 e. The lowest BCUT2D eigenvalue weighted by molar-refractivity contribution is -0.384. The van der Waals surface area contributed by atoms with Crippen LogP contribution in [0.15, 0.2) is 22.7 Å². The summed E-state index contributed by atoms with van der Waals surface area (Å²) in [5, 5.41) is 13.8. The summed E-state index contributed by atoms with van der Waals surface area (Å²) in [5.41, 5.74) is -0.928. The van der Waals surface area contributed by atoms with Crippen molar-refractivity contribution in [3.63, 3.8) is 0 Å². The first kappa shape index (κ1) is 14.4. The zero-order valence-corrected chi connectivity index (χ0v) is 11.8. The Balaban J connectivity index is 3.18. The van der Waals surface area contributed by atoms with Crippen LogP contribution in [-0.4, -0.2) is 23.5 Å². The van der Waals surface area contributed by atoms with Gasteiger partial charge in [-0.05, 0) is 35.8 Å². The van der Waals surface area contributed by atoms with Gasteiger partial charge in [0.05, 0.1) is 12.0 Å². The van der Waals surface area contributed by atoms with E-state index in [9.17, 15) is 14.9 Å². The lowest BCUT2D eigenvalue weighted by Crippen LogP contribution is -2.41. The summed E-state index contributed by atoms with van der Waals surface area (Å²) < 4.78 is 5.15. The summed E-state index contributed by atoms with van der Waals surface area (Å²) in [6, 6.07) is 4.57. The fourth-order valence-electron chi connectivity index (χ4n) is 1.41. The first-order chi connectivity index (χ1) is 8.29. The van der Waals surface area contributed by atoms with Crippen molar-refractivity contribution >= 4 is 33.3 Å². The highest BCUT2D eigenvalue weighted by atomic mass is 79.9. The summed E-state index contributed by atoms with van der Waals surface area (Å²) >= 11 is 3.22. The maximum atomic E-state index is 11.6. The van der Waals surface area contributed by atoms with E-state index >= 15 is 0 Å². The third-order valence-corrected chi connectivity index (χ3v) is 2.98. The van der Waals surface area contributed by atoms with Crippen LogP contribution in [0.5, 0.6) is 0 Å². The second-order valence-electron chi connectivity index (χ2n) is 4.13. The number of ether oxygens (including phenoxy) is 1. The molecule has 0 aliphatic rings. The van der Waals surface area contributed by atoms with Gasteiger partial charge in [0.15, 0.2) is 0 Å². The molecule has 0 saturated heterocycles. The molecule has 0 radical (unpaired) electrons. The van der Waals surface area contributed by atoms with E-state index in [2.05, 4.69) is 26.0 Å². The predicted octanol–water partition coefficient (Wildman–Crippen LogP) is 2.72. The lowest BCUT2D eigenvalue weighted by Gasteiger charge is -2.24. The van der Waals surface area contributed by atoms with E-state index in [1.54, 1.807) is 26.0 Å². The highest BCUT2D eigenvalue weighted by Gasteiger charge is 2.31. The third-order valence-electron chi connectivity index (χ3n) is 2.32. The van der Waals surface area contributed by atoms with Gasteiger partial charge >= 0.3 is 5.97 Å². The van der Waals surface area contributed by atoms with Crippen molar-refractivity contribution in [2.45, 2.75) is 19.4 Å². The fourth-order valence-corrected chi connectivity index (χ4v) is 1.86.